The van der Waals surface area contributed by atoms with Crippen LogP contribution in [0.4, 0.5) is 0 Å². The van der Waals surface area contributed by atoms with Gasteiger partial charge in [0.15, 0.2) is 23.1 Å². The zero-order valence-corrected chi connectivity index (χ0v) is 23.4. The van der Waals surface area contributed by atoms with Crippen molar-refractivity contribution in [2.75, 3.05) is 0 Å². The molecule has 204 valence electrons. The Balaban J connectivity index is 1.31. The van der Waals surface area contributed by atoms with Gasteiger partial charge in [0, 0.05) is 49.0 Å². The minimum absolute atomic E-state index is 0.614. The zero-order chi connectivity index (χ0) is 28.8. The van der Waals surface area contributed by atoms with E-state index in [1.807, 2.05) is 72.8 Å². The number of nitrogens with zero attached hydrogens (tertiary/aromatic N) is 4. The number of hydrogen-bond acceptors (Lipinski definition) is 4. The number of furan rings is 1. The largest absolute Gasteiger partial charge is 0.454 e. The van der Waals surface area contributed by atoms with Crippen molar-refractivity contribution < 1.29 is 4.42 Å². The fraction of sp³-hybridized carbons (Fsp3) is 0. The summed E-state index contributed by atoms with van der Waals surface area (Å²) in [5.74, 6) is 1.89. The van der Waals surface area contributed by atoms with Gasteiger partial charge >= 0.3 is 0 Å². The summed E-state index contributed by atoms with van der Waals surface area (Å²) in [7, 11) is 0. The first kappa shape index (κ1) is 23.5. The summed E-state index contributed by atoms with van der Waals surface area (Å²) in [5.41, 5.74) is 7.96. The summed E-state index contributed by atoms with van der Waals surface area (Å²) in [5, 5.41) is 6.95. The Morgan fingerprint density at radius 3 is 1.75 bits per heavy atom. The van der Waals surface area contributed by atoms with Gasteiger partial charge in [-0.15, -0.1) is 0 Å². The second-order valence-corrected chi connectivity index (χ2v) is 11.2. The predicted octanol–water partition coefficient (Wildman–Crippen LogP) is 9.92. The summed E-state index contributed by atoms with van der Waals surface area (Å²) in [4.78, 5) is 15.0. The van der Waals surface area contributed by atoms with E-state index < -0.39 is 0 Å². The first-order chi connectivity index (χ1) is 21.8. The molecule has 0 atom stereocenters. The van der Waals surface area contributed by atoms with Crippen molar-refractivity contribution in [1.29, 1.82) is 0 Å². The van der Waals surface area contributed by atoms with Gasteiger partial charge in [-0.3, -0.25) is 0 Å². The van der Waals surface area contributed by atoms with Crippen molar-refractivity contribution in [3.63, 3.8) is 0 Å². The maximum Gasteiger partial charge on any atom is 0.164 e. The molecule has 6 aromatic carbocycles. The minimum Gasteiger partial charge on any atom is -0.454 e. The Bertz CT molecular complexity index is 2650. The van der Waals surface area contributed by atoms with E-state index in [2.05, 4.69) is 65.1 Å². The molecule has 10 rings (SSSR count). The summed E-state index contributed by atoms with van der Waals surface area (Å²) >= 11 is 0. The van der Waals surface area contributed by atoms with Crippen LogP contribution in [-0.4, -0.2) is 19.4 Å². The lowest BCUT2D eigenvalue weighted by Crippen LogP contribution is -2.00. The average Bonchev–Trinajstić information content (AvgIpc) is 3.76. The van der Waals surface area contributed by atoms with Crippen LogP contribution in [0, 0.1) is 0 Å². The zero-order valence-electron chi connectivity index (χ0n) is 23.4. The van der Waals surface area contributed by atoms with E-state index in [0.717, 1.165) is 44.1 Å². The van der Waals surface area contributed by atoms with E-state index in [0.29, 0.717) is 17.5 Å². The van der Waals surface area contributed by atoms with Crippen molar-refractivity contribution in [2.45, 2.75) is 0 Å². The molecule has 0 unspecified atom stereocenters. The molecule has 0 fully saturated rings. The van der Waals surface area contributed by atoms with Crippen LogP contribution in [0.25, 0.3) is 94.2 Å². The van der Waals surface area contributed by atoms with Crippen LogP contribution < -0.4 is 0 Å². The molecule has 0 N–H and O–H groups in total. The molecule has 0 radical (unpaired) electrons. The van der Waals surface area contributed by atoms with Crippen LogP contribution in [0.1, 0.15) is 0 Å². The maximum atomic E-state index is 6.78. The molecule has 0 amide bonds. The fourth-order valence-electron chi connectivity index (χ4n) is 6.90. The Kier molecular flexibility index (Phi) is 4.66. The topological polar surface area (TPSA) is 56.2 Å². The smallest absolute Gasteiger partial charge is 0.164 e. The third kappa shape index (κ3) is 3.15. The van der Waals surface area contributed by atoms with Crippen LogP contribution >= 0.6 is 0 Å². The number of hydrogen-bond donors (Lipinski definition) is 0. The Labute approximate surface area is 251 Å². The van der Waals surface area contributed by atoms with Crippen LogP contribution in [0.15, 0.2) is 138 Å². The van der Waals surface area contributed by atoms with Gasteiger partial charge in [-0.25, -0.2) is 15.0 Å². The number of aromatic nitrogens is 4. The van der Waals surface area contributed by atoms with Gasteiger partial charge in [-0.2, -0.15) is 0 Å². The number of rotatable bonds is 3. The molecule has 0 spiro atoms. The van der Waals surface area contributed by atoms with Gasteiger partial charge < -0.3 is 8.82 Å². The molecule has 0 aliphatic rings. The summed E-state index contributed by atoms with van der Waals surface area (Å²) < 4.78 is 9.15. The van der Waals surface area contributed by atoms with Crippen LogP contribution in [0.2, 0.25) is 0 Å². The molecule has 0 bridgehead atoms. The van der Waals surface area contributed by atoms with Crippen LogP contribution in [-0.2, 0) is 0 Å². The summed E-state index contributed by atoms with van der Waals surface area (Å²) in [6.45, 7) is 0. The van der Waals surface area contributed by atoms with Crippen molar-refractivity contribution >= 4 is 60.0 Å². The molecule has 4 heterocycles. The fourth-order valence-corrected chi connectivity index (χ4v) is 6.90. The molecule has 5 nitrogen and oxygen atoms in total. The lowest BCUT2D eigenvalue weighted by Gasteiger charge is -2.09. The van der Waals surface area contributed by atoms with Crippen molar-refractivity contribution in [2.24, 2.45) is 0 Å². The lowest BCUT2D eigenvalue weighted by molar-refractivity contribution is 0.671. The van der Waals surface area contributed by atoms with Gasteiger partial charge in [0.05, 0.1) is 16.6 Å². The summed E-state index contributed by atoms with van der Waals surface area (Å²) in [6.07, 6.45) is 0. The van der Waals surface area contributed by atoms with E-state index >= 15 is 0 Å². The Morgan fingerprint density at radius 2 is 1.00 bits per heavy atom. The Morgan fingerprint density at radius 1 is 0.432 bits per heavy atom. The van der Waals surface area contributed by atoms with E-state index in [1.54, 1.807) is 0 Å². The van der Waals surface area contributed by atoms with Crippen molar-refractivity contribution in [1.82, 2.24) is 19.4 Å². The molecule has 5 heteroatoms. The highest BCUT2D eigenvalue weighted by atomic mass is 16.3. The molecule has 0 saturated heterocycles. The van der Waals surface area contributed by atoms with Crippen LogP contribution in [0.5, 0.6) is 0 Å². The van der Waals surface area contributed by atoms with E-state index in [1.165, 1.54) is 32.6 Å². The monoisotopic (exact) mass is 562 g/mol. The SMILES string of the molecule is c1ccc(-c2nc(-c3ccccc3)nc(-c3cccc4oc5c(ccc6c7cccc8c9ccccc9n(c87)c65)c34)n2)cc1. The molecule has 10 aromatic rings. The van der Waals surface area contributed by atoms with E-state index in [-0.39, 0.29) is 0 Å². The maximum absolute atomic E-state index is 6.78. The highest BCUT2D eigenvalue weighted by molar-refractivity contribution is 6.28. The normalized spacial score (nSPS) is 12.1. The summed E-state index contributed by atoms with van der Waals surface area (Å²) in [6, 6.07) is 45.9. The second kappa shape index (κ2) is 8.72. The molecule has 0 aliphatic carbocycles. The van der Waals surface area contributed by atoms with Gasteiger partial charge in [0.25, 0.3) is 0 Å². The number of benzene rings is 6. The standard InChI is InChI=1S/C39H22N4O/c1-3-11-23(12-4-1)37-40-38(24-13-5-2-6-14-24)42-39(41-37)30-18-10-20-32-33(30)29-22-21-28-27-17-9-16-26-25-15-7-8-19-31(25)43(34(26)27)35(28)36(29)44-32/h1-22H. The van der Waals surface area contributed by atoms with Gasteiger partial charge in [-0.05, 0) is 18.2 Å². The number of fused-ring (bicyclic) bond motifs is 10. The third-order valence-corrected chi connectivity index (χ3v) is 8.79. The van der Waals surface area contributed by atoms with E-state index in [4.69, 9.17) is 19.4 Å². The highest BCUT2D eigenvalue weighted by Gasteiger charge is 2.23. The van der Waals surface area contributed by atoms with E-state index in [9.17, 15) is 0 Å². The van der Waals surface area contributed by atoms with Crippen molar-refractivity contribution in [3.8, 4) is 34.2 Å². The first-order valence-corrected chi connectivity index (χ1v) is 14.7. The molecule has 44 heavy (non-hydrogen) atoms. The molecular formula is C39H22N4O. The molecule has 0 aliphatic heterocycles. The van der Waals surface area contributed by atoms with Gasteiger partial charge in [0.1, 0.15) is 5.58 Å². The Hall–Kier alpha value is -6.07. The second-order valence-electron chi connectivity index (χ2n) is 11.2. The lowest BCUT2D eigenvalue weighted by atomic mass is 10.0. The molecule has 4 aromatic heterocycles. The van der Waals surface area contributed by atoms with Gasteiger partial charge in [-0.1, -0.05) is 115 Å². The average molecular weight is 563 g/mol. The first-order valence-electron chi connectivity index (χ1n) is 14.7. The van der Waals surface area contributed by atoms with Crippen LogP contribution in [0.3, 0.4) is 0 Å². The quantitative estimate of drug-likeness (QED) is 0.215. The minimum atomic E-state index is 0.614. The van der Waals surface area contributed by atoms with Gasteiger partial charge in [0.2, 0.25) is 0 Å². The molecular weight excluding hydrogens is 540 g/mol. The highest BCUT2D eigenvalue weighted by Crippen LogP contribution is 2.44. The number of para-hydroxylation sites is 2. The third-order valence-electron chi connectivity index (χ3n) is 8.79. The van der Waals surface area contributed by atoms with Crippen molar-refractivity contribution in [3.05, 3.63) is 133 Å². The predicted molar refractivity (Wildman–Crippen MR) is 178 cm³/mol. The molecule has 0 saturated carbocycles.